The molecule has 6 heteroatoms. The fourth-order valence-corrected chi connectivity index (χ4v) is 2.49. The average Bonchev–Trinajstić information content (AvgIpc) is 2.65. The molecule has 0 saturated heterocycles. The lowest BCUT2D eigenvalue weighted by Gasteiger charge is -2.11. The third kappa shape index (κ3) is 6.17. The van der Waals surface area contributed by atoms with Gasteiger partial charge in [0.2, 0.25) is 0 Å². The summed E-state index contributed by atoms with van der Waals surface area (Å²) in [6, 6.07) is 14.4. The molecule has 0 fully saturated rings. The number of amides is 1. The zero-order chi connectivity index (χ0) is 18.9. The molecule has 138 valence electrons. The Morgan fingerprint density at radius 1 is 1.12 bits per heavy atom. The molecule has 0 aromatic heterocycles. The normalized spacial score (nSPS) is 11.7. The number of nitrogens with two attached hydrogens (primary N) is 1. The second-order valence-corrected chi connectivity index (χ2v) is 6.48. The van der Waals surface area contributed by atoms with Crippen LogP contribution < -0.4 is 10.6 Å². The number of benzene rings is 2. The van der Waals surface area contributed by atoms with Crippen LogP contribution in [0.3, 0.4) is 0 Å². The summed E-state index contributed by atoms with van der Waals surface area (Å²) >= 11 is 5.89. The lowest BCUT2D eigenvalue weighted by molar-refractivity contribution is -0.682. The highest BCUT2D eigenvalue weighted by molar-refractivity contribution is 6.30. The first-order valence-electron chi connectivity index (χ1n) is 8.65. The average molecular weight is 376 g/mol. The lowest BCUT2D eigenvalue weighted by Crippen LogP contribution is -2.86. The molecule has 26 heavy (non-hydrogen) atoms. The minimum Gasteiger partial charge on any atom is -0.462 e. The maximum atomic E-state index is 12.1. The maximum absolute atomic E-state index is 12.1. The summed E-state index contributed by atoms with van der Waals surface area (Å²) in [6.45, 7) is 4.67. The number of anilines is 1. The molecule has 2 aromatic rings. The first kappa shape index (κ1) is 19.9. The van der Waals surface area contributed by atoms with E-state index in [2.05, 4.69) is 5.32 Å². The zero-order valence-corrected chi connectivity index (χ0v) is 15.8. The smallest absolute Gasteiger partial charge is 0.338 e. The van der Waals surface area contributed by atoms with Crippen LogP contribution in [0.1, 0.15) is 42.2 Å². The summed E-state index contributed by atoms with van der Waals surface area (Å²) < 4.78 is 5.07. The number of nitrogens with one attached hydrogen (secondary N) is 1. The Labute approximate surface area is 158 Å². The molecular formula is C20H24ClN2O3+. The molecule has 0 aliphatic rings. The van der Waals surface area contributed by atoms with E-state index in [1.54, 1.807) is 24.3 Å². The van der Waals surface area contributed by atoms with Gasteiger partial charge in [0, 0.05) is 16.3 Å². The molecule has 0 unspecified atom stereocenters. The highest BCUT2D eigenvalue weighted by Crippen LogP contribution is 2.13. The number of rotatable bonds is 8. The topological polar surface area (TPSA) is 72.0 Å². The molecule has 0 aliphatic heterocycles. The third-order valence-corrected chi connectivity index (χ3v) is 4.15. The first-order valence-corrected chi connectivity index (χ1v) is 9.03. The molecule has 0 saturated carbocycles. The zero-order valence-electron chi connectivity index (χ0n) is 15.0. The number of ether oxygens (including phenoxy) is 1. The quantitative estimate of drug-likeness (QED) is 0.696. The highest BCUT2D eigenvalue weighted by Gasteiger charge is 2.12. The number of esters is 1. The van der Waals surface area contributed by atoms with E-state index in [0.29, 0.717) is 29.4 Å². The first-order chi connectivity index (χ1) is 12.5. The van der Waals surface area contributed by atoms with Crippen molar-refractivity contribution >= 4 is 29.2 Å². The number of carbonyl (C=O) groups excluding carboxylic acids is 2. The summed E-state index contributed by atoms with van der Waals surface area (Å²) in [5, 5.41) is 5.47. The molecule has 0 heterocycles. The minimum atomic E-state index is -0.352. The van der Waals surface area contributed by atoms with Crippen LogP contribution in [0, 0.1) is 0 Å². The van der Waals surface area contributed by atoms with Crippen molar-refractivity contribution in [3.05, 3.63) is 64.7 Å². The molecule has 0 spiro atoms. The summed E-state index contributed by atoms with van der Waals surface area (Å²) in [4.78, 5) is 23.9. The van der Waals surface area contributed by atoms with E-state index in [0.717, 1.165) is 12.0 Å². The summed E-state index contributed by atoms with van der Waals surface area (Å²) in [7, 11) is 0. The van der Waals surface area contributed by atoms with Crippen LogP contribution in [0.2, 0.25) is 5.02 Å². The van der Waals surface area contributed by atoms with Gasteiger partial charge in [0.1, 0.15) is 6.04 Å². The molecule has 1 amide bonds. The van der Waals surface area contributed by atoms with E-state index in [1.807, 2.05) is 43.4 Å². The lowest BCUT2D eigenvalue weighted by atomic mass is 10.1. The van der Waals surface area contributed by atoms with Crippen LogP contribution in [0.4, 0.5) is 5.69 Å². The van der Waals surface area contributed by atoms with Gasteiger partial charge in [-0.15, -0.1) is 0 Å². The predicted molar refractivity (Wildman–Crippen MR) is 102 cm³/mol. The molecule has 2 rings (SSSR count). The molecule has 2 aromatic carbocycles. The van der Waals surface area contributed by atoms with Crippen molar-refractivity contribution in [3.63, 3.8) is 0 Å². The van der Waals surface area contributed by atoms with Gasteiger partial charge < -0.3 is 15.4 Å². The van der Waals surface area contributed by atoms with Crippen LogP contribution in [0.15, 0.2) is 48.5 Å². The summed E-state index contributed by atoms with van der Waals surface area (Å²) in [6.07, 6.45) is 0.783. The van der Waals surface area contributed by atoms with Gasteiger partial charge in [0.25, 0.3) is 5.91 Å². The number of hydrogen-bond donors (Lipinski definition) is 2. The molecule has 5 nitrogen and oxygen atoms in total. The van der Waals surface area contributed by atoms with Crippen LogP contribution >= 0.6 is 11.6 Å². The number of halogens is 1. The van der Waals surface area contributed by atoms with Gasteiger partial charge in [-0.2, -0.15) is 0 Å². The Kier molecular flexibility index (Phi) is 7.63. The van der Waals surface area contributed by atoms with Crippen molar-refractivity contribution in [1.82, 2.24) is 0 Å². The second-order valence-electron chi connectivity index (χ2n) is 6.04. The van der Waals surface area contributed by atoms with Crippen LogP contribution in [-0.4, -0.2) is 25.0 Å². The largest absolute Gasteiger partial charge is 0.462 e. The molecule has 3 N–H and O–H groups in total. The predicted octanol–water partition coefficient (Wildman–Crippen LogP) is 3.17. The van der Waals surface area contributed by atoms with Gasteiger partial charge in [0.15, 0.2) is 6.54 Å². The van der Waals surface area contributed by atoms with Crippen LogP contribution in [-0.2, 0) is 9.53 Å². The fourth-order valence-electron chi connectivity index (χ4n) is 2.37. The fraction of sp³-hybridized carbons (Fsp3) is 0.300. The van der Waals surface area contributed by atoms with Gasteiger partial charge in [-0.3, -0.25) is 4.79 Å². The van der Waals surface area contributed by atoms with Gasteiger partial charge in [-0.05, 0) is 49.7 Å². The van der Waals surface area contributed by atoms with E-state index in [9.17, 15) is 9.59 Å². The van der Waals surface area contributed by atoms with Crippen LogP contribution in [0.25, 0.3) is 0 Å². The van der Waals surface area contributed by atoms with Crippen molar-refractivity contribution in [2.24, 2.45) is 0 Å². The second kappa shape index (κ2) is 9.94. The maximum Gasteiger partial charge on any atom is 0.338 e. The van der Waals surface area contributed by atoms with E-state index in [1.165, 1.54) is 0 Å². The Bertz CT molecular complexity index is 730. The highest BCUT2D eigenvalue weighted by atomic mass is 35.5. The van der Waals surface area contributed by atoms with Gasteiger partial charge in [0.05, 0.1) is 12.2 Å². The monoisotopic (exact) mass is 375 g/mol. The van der Waals surface area contributed by atoms with Crippen molar-refractivity contribution in [1.29, 1.82) is 0 Å². The van der Waals surface area contributed by atoms with E-state index in [-0.39, 0.29) is 17.9 Å². The molecule has 0 aliphatic carbocycles. The Morgan fingerprint density at radius 3 is 2.38 bits per heavy atom. The van der Waals surface area contributed by atoms with Gasteiger partial charge in [-0.25, -0.2) is 4.79 Å². The minimum absolute atomic E-state index is 0.105. The Balaban J connectivity index is 1.82. The van der Waals surface area contributed by atoms with Gasteiger partial charge in [-0.1, -0.05) is 30.7 Å². The molecule has 0 radical (unpaired) electrons. The number of carbonyl (C=O) groups is 2. The van der Waals surface area contributed by atoms with E-state index < -0.39 is 0 Å². The standard InChI is InChI=1S/C20H23ClN2O3/c1-3-12-26-20(25)16-6-10-18(11-7-16)23-19(24)13-22-14(2)15-4-8-17(21)9-5-15/h4-11,14,22H,3,12-13H2,1-2H3,(H,23,24)/p+1/t14-/m1/s1. The SMILES string of the molecule is CCCOC(=O)c1ccc(NC(=O)C[NH2+][C@H](C)c2ccc(Cl)cc2)cc1. The molecule has 1 atom stereocenters. The van der Waals surface area contributed by atoms with Crippen molar-refractivity contribution in [3.8, 4) is 0 Å². The third-order valence-electron chi connectivity index (χ3n) is 3.89. The molecule has 0 bridgehead atoms. The van der Waals surface area contributed by atoms with E-state index in [4.69, 9.17) is 16.3 Å². The van der Waals surface area contributed by atoms with E-state index >= 15 is 0 Å². The summed E-state index contributed by atoms with van der Waals surface area (Å²) in [5.74, 6) is -0.457. The Morgan fingerprint density at radius 2 is 1.77 bits per heavy atom. The molecular weight excluding hydrogens is 352 g/mol. The van der Waals surface area contributed by atoms with Crippen molar-refractivity contribution in [2.45, 2.75) is 26.3 Å². The Hall–Kier alpha value is -2.37. The van der Waals surface area contributed by atoms with Crippen molar-refractivity contribution < 1.29 is 19.6 Å². The number of quaternary nitrogens is 1. The summed E-state index contributed by atoms with van der Waals surface area (Å²) in [5.41, 5.74) is 2.23. The van der Waals surface area contributed by atoms with Crippen molar-refractivity contribution in [2.75, 3.05) is 18.5 Å². The van der Waals surface area contributed by atoms with Crippen LogP contribution in [0.5, 0.6) is 0 Å². The number of hydrogen-bond acceptors (Lipinski definition) is 3. The van der Waals surface area contributed by atoms with Gasteiger partial charge >= 0.3 is 5.97 Å².